The molecule has 0 spiro atoms. The maximum Gasteiger partial charge on any atom is 0.387 e. The Morgan fingerprint density at radius 1 is 1.50 bits per heavy atom. The molecule has 0 saturated heterocycles. The first-order valence-corrected chi connectivity index (χ1v) is 6.21. The van der Waals surface area contributed by atoms with Crippen LogP contribution in [0.2, 0.25) is 0 Å². The number of ether oxygens (including phenoxy) is 1. The third kappa shape index (κ3) is 3.75. The van der Waals surface area contributed by atoms with Gasteiger partial charge in [-0.05, 0) is 25.0 Å². The molecule has 1 saturated carbocycles. The number of ketones is 1. The van der Waals surface area contributed by atoms with Crippen LogP contribution in [0.3, 0.4) is 0 Å². The smallest absolute Gasteiger partial charge is 0.387 e. The number of hydrogen-bond acceptors (Lipinski definition) is 3. The van der Waals surface area contributed by atoms with Crippen molar-refractivity contribution >= 4 is 5.78 Å². The van der Waals surface area contributed by atoms with Crippen LogP contribution in [0.5, 0.6) is 5.75 Å². The average molecular weight is 280 g/mol. The predicted molar refractivity (Wildman–Crippen MR) is 68.8 cm³/mol. The van der Waals surface area contributed by atoms with Gasteiger partial charge in [0.25, 0.3) is 0 Å². The number of nitrogens with one attached hydrogen (secondary N) is 1. The number of carbonyl (C=O) groups is 1. The van der Waals surface area contributed by atoms with Crippen LogP contribution >= 0.6 is 0 Å². The van der Waals surface area contributed by atoms with Crippen molar-refractivity contribution in [1.29, 1.82) is 0 Å². The molecule has 1 aromatic carbocycles. The van der Waals surface area contributed by atoms with E-state index in [0.717, 1.165) is 12.8 Å². The quantitative estimate of drug-likeness (QED) is 0.616. The Bertz CT molecular complexity index is 536. The highest BCUT2D eigenvalue weighted by Gasteiger charge is 2.45. The van der Waals surface area contributed by atoms with Crippen molar-refractivity contribution in [3.05, 3.63) is 41.2 Å². The average Bonchev–Trinajstić information content (AvgIpc) is 3.16. The van der Waals surface area contributed by atoms with E-state index in [1.54, 1.807) is 6.07 Å². The maximum atomic E-state index is 12.1. The van der Waals surface area contributed by atoms with E-state index in [-0.39, 0.29) is 23.6 Å². The van der Waals surface area contributed by atoms with E-state index in [2.05, 4.69) is 14.9 Å². The fourth-order valence-electron chi connectivity index (χ4n) is 1.91. The van der Waals surface area contributed by atoms with Crippen LogP contribution in [-0.4, -0.2) is 31.0 Å². The Hall–Kier alpha value is -2.00. The minimum Gasteiger partial charge on any atom is -0.435 e. The SMILES string of the molecule is [C-]#[N+]CC1(NCC(=O)c2cccc(OC(F)F)c2)CC1. The highest BCUT2D eigenvalue weighted by atomic mass is 19.3. The first-order valence-electron chi connectivity index (χ1n) is 6.21. The van der Waals surface area contributed by atoms with Gasteiger partial charge in [0.05, 0.1) is 12.1 Å². The van der Waals surface area contributed by atoms with Gasteiger partial charge in [-0.15, -0.1) is 0 Å². The Morgan fingerprint density at radius 2 is 2.25 bits per heavy atom. The summed E-state index contributed by atoms with van der Waals surface area (Å²) in [6.07, 6.45) is 1.77. The van der Waals surface area contributed by atoms with Crippen LogP contribution in [0.25, 0.3) is 4.85 Å². The summed E-state index contributed by atoms with van der Waals surface area (Å²) >= 11 is 0. The Balaban J connectivity index is 1.94. The summed E-state index contributed by atoms with van der Waals surface area (Å²) in [7, 11) is 0. The molecule has 0 aromatic heterocycles. The van der Waals surface area contributed by atoms with Crippen LogP contribution < -0.4 is 10.1 Å². The largest absolute Gasteiger partial charge is 0.435 e. The van der Waals surface area contributed by atoms with Gasteiger partial charge in [-0.1, -0.05) is 12.1 Å². The van der Waals surface area contributed by atoms with Gasteiger partial charge in [0.2, 0.25) is 6.54 Å². The molecule has 2 rings (SSSR count). The lowest BCUT2D eigenvalue weighted by molar-refractivity contribution is -0.0498. The summed E-state index contributed by atoms with van der Waals surface area (Å²) in [5.74, 6) is -0.242. The fourth-order valence-corrected chi connectivity index (χ4v) is 1.91. The third-order valence-electron chi connectivity index (χ3n) is 3.24. The molecule has 0 radical (unpaired) electrons. The molecule has 0 aliphatic heterocycles. The lowest BCUT2D eigenvalue weighted by Crippen LogP contribution is -2.37. The van der Waals surface area contributed by atoms with Gasteiger partial charge in [0.15, 0.2) is 5.78 Å². The number of rotatable bonds is 7. The van der Waals surface area contributed by atoms with Gasteiger partial charge >= 0.3 is 6.61 Å². The van der Waals surface area contributed by atoms with Crippen molar-refractivity contribution in [2.45, 2.75) is 25.0 Å². The zero-order valence-electron chi connectivity index (χ0n) is 10.7. The zero-order valence-corrected chi connectivity index (χ0v) is 10.7. The second kappa shape index (κ2) is 5.97. The molecule has 1 aromatic rings. The van der Waals surface area contributed by atoms with Crippen molar-refractivity contribution in [3.8, 4) is 5.75 Å². The number of hydrogen-bond donors (Lipinski definition) is 1. The highest BCUT2D eigenvalue weighted by molar-refractivity contribution is 5.98. The molecule has 106 valence electrons. The normalized spacial score (nSPS) is 15.7. The van der Waals surface area contributed by atoms with Crippen molar-refractivity contribution in [2.24, 2.45) is 0 Å². The van der Waals surface area contributed by atoms with Gasteiger partial charge in [0, 0.05) is 5.56 Å². The second-order valence-corrected chi connectivity index (χ2v) is 4.78. The van der Waals surface area contributed by atoms with Gasteiger partial charge in [-0.2, -0.15) is 8.78 Å². The molecular weight excluding hydrogens is 266 g/mol. The topological polar surface area (TPSA) is 42.7 Å². The molecule has 6 heteroatoms. The van der Waals surface area contributed by atoms with Gasteiger partial charge < -0.3 is 9.58 Å². The first-order chi connectivity index (χ1) is 9.54. The van der Waals surface area contributed by atoms with Crippen molar-refractivity contribution in [3.63, 3.8) is 0 Å². The van der Waals surface area contributed by atoms with E-state index < -0.39 is 6.61 Å². The first kappa shape index (κ1) is 14.4. The zero-order chi connectivity index (χ0) is 14.6. The van der Waals surface area contributed by atoms with E-state index in [1.165, 1.54) is 18.2 Å². The molecule has 1 fully saturated rings. The van der Waals surface area contributed by atoms with E-state index >= 15 is 0 Å². The van der Waals surface area contributed by atoms with E-state index in [0.29, 0.717) is 12.1 Å². The molecule has 0 heterocycles. The number of Topliss-reactive ketones (excluding diaryl/α,β-unsaturated/α-hetero) is 1. The number of nitrogens with zero attached hydrogens (tertiary/aromatic N) is 1. The van der Waals surface area contributed by atoms with Crippen LogP contribution in [0.4, 0.5) is 8.78 Å². The van der Waals surface area contributed by atoms with Gasteiger partial charge in [0.1, 0.15) is 5.75 Å². The molecule has 1 N–H and O–H groups in total. The number of halogens is 2. The molecule has 0 atom stereocenters. The summed E-state index contributed by atoms with van der Waals surface area (Å²) in [5, 5.41) is 3.08. The Labute approximate surface area is 115 Å². The van der Waals surface area contributed by atoms with Crippen LogP contribution in [0.1, 0.15) is 23.2 Å². The Kier molecular flexibility index (Phi) is 4.30. The minimum absolute atomic E-state index is 0.0341. The summed E-state index contributed by atoms with van der Waals surface area (Å²) < 4.78 is 28.5. The van der Waals surface area contributed by atoms with Gasteiger partial charge in [-0.3, -0.25) is 10.1 Å². The van der Waals surface area contributed by atoms with Crippen LogP contribution in [0.15, 0.2) is 24.3 Å². The molecule has 0 amide bonds. The summed E-state index contributed by atoms with van der Waals surface area (Å²) in [5.41, 5.74) is 0.0864. The maximum absolute atomic E-state index is 12.1. The van der Waals surface area contributed by atoms with Crippen molar-refractivity contribution in [2.75, 3.05) is 13.1 Å². The van der Waals surface area contributed by atoms with E-state index in [1.807, 2.05) is 0 Å². The molecule has 20 heavy (non-hydrogen) atoms. The molecule has 4 nitrogen and oxygen atoms in total. The summed E-state index contributed by atoms with van der Waals surface area (Å²) in [6.45, 7) is 4.39. The summed E-state index contributed by atoms with van der Waals surface area (Å²) in [6, 6.07) is 5.72. The van der Waals surface area contributed by atoms with Crippen molar-refractivity contribution < 1.29 is 18.3 Å². The molecule has 1 aliphatic rings. The minimum atomic E-state index is -2.91. The Morgan fingerprint density at radius 3 is 2.85 bits per heavy atom. The van der Waals surface area contributed by atoms with Crippen LogP contribution in [0, 0.1) is 6.57 Å². The third-order valence-corrected chi connectivity index (χ3v) is 3.24. The fraction of sp³-hybridized carbons (Fsp3) is 0.429. The summed E-state index contributed by atoms with van der Waals surface area (Å²) in [4.78, 5) is 15.3. The lowest BCUT2D eigenvalue weighted by atomic mass is 10.1. The van der Waals surface area contributed by atoms with Gasteiger partial charge in [-0.25, -0.2) is 6.57 Å². The molecule has 0 bridgehead atoms. The second-order valence-electron chi connectivity index (χ2n) is 4.78. The molecular formula is C14H14F2N2O2. The van der Waals surface area contributed by atoms with Crippen molar-refractivity contribution in [1.82, 2.24) is 5.32 Å². The van der Waals surface area contributed by atoms with Crippen LogP contribution in [-0.2, 0) is 0 Å². The number of carbonyl (C=O) groups excluding carboxylic acids is 1. The monoisotopic (exact) mass is 280 g/mol. The van der Waals surface area contributed by atoms with E-state index in [9.17, 15) is 13.6 Å². The van der Waals surface area contributed by atoms with E-state index in [4.69, 9.17) is 6.57 Å². The number of benzene rings is 1. The lowest BCUT2D eigenvalue weighted by Gasteiger charge is -2.11. The molecule has 0 unspecified atom stereocenters. The highest BCUT2D eigenvalue weighted by Crippen LogP contribution is 2.35. The molecule has 1 aliphatic carbocycles. The number of alkyl halides is 2. The predicted octanol–water partition coefficient (Wildman–Crippen LogP) is 2.51. The standard InChI is InChI=1S/C14H14F2N2O2/c1-17-9-14(5-6-14)18-8-12(19)10-3-2-4-11(7-10)20-13(15)16/h2-4,7,13,18H,5-6,8-9H2.